The number of anilines is 1. The number of nitrogens with one attached hydrogen (secondary N) is 1. The molecule has 1 aliphatic rings. The predicted octanol–water partition coefficient (Wildman–Crippen LogP) is 5.26. The van der Waals surface area contributed by atoms with Gasteiger partial charge in [0.05, 0.1) is 15.8 Å². The molecule has 22 heavy (non-hydrogen) atoms. The van der Waals surface area contributed by atoms with E-state index in [1.165, 1.54) is 43.4 Å². The number of hydrogen-bond acceptors (Lipinski definition) is 5. The summed E-state index contributed by atoms with van der Waals surface area (Å²) >= 11 is 4.98. The molecule has 1 amide bonds. The van der Waals surface area contributed by atoms with Gasteiger partial charge in [-0.3, -0.25) is 4.79 Å². The Labute approximate surface area is 143 Å². The molecule has 118 valence electrons. The lowest BCUT2D eigenvalue weighted by Gasteiger charge is -2.23. The van der Waals surface area contributed by atoms with Crippen LogP contribution in [0.2, 0.25) is 0 Å². The van der Waals surface area contributed by atoms with Gasteiger partial charge in [-0.25, -0.2) is 4.98 Å². The summed E-state index contributed by atoms with van der Waals surface area (Å²) in [5.74, 6) is 0.0719. The number of thiophene rings is 1. The third-order valence-corrected chi connectivity index (χ3v) is 6.95. The van der Waals surface area contributed by atoms with E-state index >= 15 is 0 Å². The van der Waals surface area contributed by atoms with Crippen molar-refractivity contribution in [2.45, 2.75) is 49.5 Å². The highest BCUT2D eigenvalue weighted by atomic mass is 32.2. The Hall–Kier alpha value is -0.850. The molecule has 2 aromatic heterocycles. The molecule has 1 unspecified atom stereocenters. The lowest BCUT2D eigenvalue weighted by molar-refractivity contribution is -0.115. The highest BCUT2D eigenvalue weighted by Crippen LogP contribution is 2.32. The largest absolute Gasteiger partial charge is 0.301 e. The fourth-order valence-corrected chi connectivity index (χ4v) is 5.47. The van der Waals surface area contributed by atoms with Gasteiger partial charge in [0, 0.05) is 10.6 Å². The van der Waals surface area contributed by atoms with E-state index in [1.807, 2.05) is 41.6 Å². The van der Waals surface area contributed by atoms with Crippen LogP contribution in [0.5, 0.6) is 0 Å². The van der Waals surface area contributed by atoms with Crippen LogP contribution in [0.1, 0.15) is 39.0 Å². The summed E-state index contributed by atoms with van der Waals surface area (Å²) in [5.41, 5.74) is 0.947. The van der Waals surface area contributed by atoms with Crippen molar-refractivity contribution in [2.24, 2.45) is 0 Å². The SMILES string of the molecule is CC(SC1CCCCC1)C(=O)Nc1nc(-c2cccs2)cs1. The summed E-state index contributed by atoms with van der Waals surface area (Å²) in [6, 6.07) is 4.06. The van der Waals surface area contributed by atoms with Gasteiger partial charge < -0.3 is 5.32 Å². The van der Waals surface area contributed by atoms with Crippen molar-refractivity contribution in [3.05, 3.63) is 22.9 Å². The fraction of sp³-hybridized carbons (Fsp3) is 0.500. The standard InChI is InChI=1S/C16H20N2OS3/c1-11(22-12-6-3-2-4-7-12)15(19)18-16-17-13(10-21-16)14-8-5-9-20-14/h5,8-12H,2-4,6-7H2,1H3,(H,17,18,19). The second kappa shape index (κ2) is 7.62. The van der Waals surface area contributed by atoms with E-state index in [4.69, 9.17) is 0 Å². The smallest absolute Gasteiger partial charge is 0.238 e. The van der Waals surface area contributed by atoms with E-state index in [0.717, 1.165) is 10.6 Å². The Kier molecular flexibility index (Phi) is 5.55. The predicted molar refractivity (Wildman–Crippen MR) is 98.0 cm³/mol. The Morgan fingerprint density at radius 1 is 1.36 bits per heavy atom. The van der Waals surface area contributed by atoms with Crippen LogP contribution < -0.4 is 5.32 Å². The van der Waals surface area contributed by atoms with Crippen LogP contribution in [0.25, 0.3) is 10.6 Å². The lowest BCUT2D eigenvalue weighted by Crippen LogP contribution is -2.25. The molecule has 0 radical (unpaired) electrons. The van der Waals surface area contributed by atoms with E-state index in [9.17, 15) is 4.79 Å². The second-order valence-corrected chi connectivity index (χ2v) is 8.99. The van der Waals surface area contributed by atoms with Gasteiger partial charge in [-0.1, -0.05) is 25.3 Å². The Balaban J connectivity index is 1.54. The molecule has 2 heterocycles. The molecular formula is C16H20N2OS3. The van der Waals surface area contributed by atoms with E-state index < -0.39 is 0 Å². The first-order chi connectivity index (χ1) is 10.7. The van der Waals surface area contributed by atoms with Gasteiger partial charge in [-0.15, -0.1) is 34.4 Å². The van der Waals surface area contributed by atoms with Crippen LogP contribution >= 0.6 is 34.4 Å². The van der Waals surface area contributed by atoms with Crippen molar-refractivity contribution in [3.63, 3.8) is 0 Å². The van der Waals surface area contributed by atoms with Crippen LogP contribution in [0, 0.1) is 0 Å². The molecule has 1 fully saturated rings. The number of amides is 1. The van der Waals surface area contributed by atoms with Gasteiger partial charge in [-0.2, -0.15) is 0 Å². The summed E-state index contributed by atoms with van der Waals surface area (Å²) < 4.78 is 0. The molecule has 3 rings (SSSR count). The van der Waals surface area contributed by atoms with Crippen LogP contribution in [-0.2, 0) is 4.79 Å². The molecule has 1 saturated carbocycles. The van der Waals surface area contributed by atoms with E-state index in [1.54, 1.807) is 11.3 Å². The zero-order chi connectivity index (χ0) is 15.4. The van der Waals surface area contributed by atoms with Gasteiger partial charge in [0.1, 0.15) is 0 Å². The lowest BCUT2D eigenvalue weighted by atomic mass is 10.0. The molecule has 0 aromatic carbocycles. The Bertz CT molecular complexity index is 603. The van der Waals surface area contributed by atoms with Crippen molar-refractivity contribution >= 4 is 45.5 Å². The normalized spacial score (nSPS) is 17.3. The number of hydrogen-bond donors (Lipinski definition) is 1. The number of nitrogens with zero attached hydrogens (tertiary/aromatic N) is 1. The van der Waals surface area contributed by atoms with Crippen molar-refractivity contribution in [1.82, 2.24) is 4.98 Å². The van der Waals surface area contributed by atoms with Crippen LogP contribution in [0.15, 0.2) is 22.9 Å². The Morgan fingerprint density at radius 3 is 2.91 bits per heavy atom. The number of carbonyl (C=O) groups is 1. The molecular weight excluding hydrogens is 332 g/mol. The quantitative estimate of drug-likeness (QED) is 0.797. The minimum absolute atomic E-state index is 0.0165. The molecule has 1 N–H and O–H groups in total. The van der Waals surface area contributed by atoms with Gasteiger partial charge in [0.15, 0.2) is 5.13 Å². The van der Waals surface area contributed by atoms with Gasteiger partial charge >= 0.3 is 0 Å². The minimum Gasteiger partial charge on any atom is -0.301 e. The zero-order valence-corrected chi connectivity index (χ0v) is 15.0. The molecule has 1 aliphatic carbocycles. The maximum atomic E-state index is 12.3. The number of aromatic nitrogens is 1. The first-order valence-electron chi connectivity index (χ1n) is 7.68. The molecule has 1 atom stereocenters. The summed E-state index contributed by atoms with van der Waals surface area (Å²) in [7, 11) is 0. The highest BCUT2D eigenvalue weighted by molar-refractivity contribution is 8.01. The molecule has 0 saturated heterocycles. The van der Waals surface area contributed by atoms with Crippen molar-refractivity contribution in [3.8, 4) is 10.6 Å². The first-order valence-corrected chi connectivity index (χ1v) is 10.4. The maximum Gasteiger partial charge on any atom is 0.238 e. The van der Waals surface area contributed by atoms with Crippen molar-refractivity contribution in [1.29, 1.82) is 0 Å². The average Bonchev–Trinajstić information content (AvgIpc) is 3.19. The average molecular weight is 353 g/mol. The van der Waals surface area contributed by atoms with E-state index in [0.29, 0.717) is 10.4 Å². The van der Waals surface area contributed by atoms with Crippen LogP contribution in [-0.4, -0.2) is 21.4 Å². The second-order valence-electron chi connectivity index (χ2n) is 5.54. The highest BCUT2D eigenvalue weighted by Gasteiger charge is 2.22. The van der Waals surface area contributed by atoms with Crippen LogP contribution in [0.4, 0.5) is 5.13 Å². The number of thiazole rings is 1. The van der Waals surface area contributed by atoms with Crippen molar-refractivity contribution < 1.29 is 4.79 Å². The topological polar surface area (TPSA) is 42.0 Å². The fourth-order valence-electron chi connectivity index (χ4n) is 2.63. The first kappa shape index (κ1) is 16.0. The summed E-state index contributed by atoms with van der Waals surface area (Å²) in [4.78, 5) is 18.0. The zero-order valence-electron chi connectivity index (χ0n) is 12.6. The molecule has 0 aliphatic heterocycles. The summed E-state index contributed by atoms with van der Waals surface area (Å²) in [6.07, 6.45) is 6.47. The number of rotatable bonds is 5. The third kappa shape index (κ3) is 4.12. The minimum atomic E-state index is -0.0165. The van der Waals surface area contributed by atoms with Gasteiger partial charge in [0.25, 0.3) is 0 Å². The molecule has 0 spiro atoms. The number of thioether (sulfide) groups is 1. The van der Waals surface area contributed by atoms with Gasteiger partial charge in [0.2, 0.25) is 5.91 Å². The van der Waals surface area contributed by atoms with E-state index in [2.05, 4.69) is 10.3 Å². The Morgan fingerprint density at radius 2 is 2.18 bits per heavy atom. The summed E-state index contributed by atoms with van der Waals surface area (Å²) in [5, 5.41) is 8.33. The maximum absolute atomic E-state index is 12.3. The molecule has 2 aromatic rings. The summed E-state index contributed by atoms with van der Waals surface area (Å²) in [6.45, 7) is 2.00. The van der Waals surface area contributed by atoms with E-state index in [-0.39, 0.29) is 11.2 Å². The monoisotopic (exact) mass is 352 g/mol. The van der Waals surface area contributed by atoms with Crippen molar-refractivity contribution in [2.75, 3.05) is 5.32 Å². The molecule has 3 nitrogen and oxygen atoms in total. The molecule has 0 bridgehead atoms. The van der Waals surface area contributed by atoms with Gasteiger partial charge in [-0.05, 0) is 31.2 Å². The molecule has 6 heteroatoms. The van der Waals surface area contributed by atoms with Crippen LogP contribution in [0.3, 0.4) is 0 Å². The third-order valence-electron chi connectivity index (χ3n) is 3.83. The number of carbonyl (C=O) groups excluding carboxylic acids is 1.